The van der Waals surface area contributed by atoms with Crippen LogP contribution in [0.2, 0.25) is 10.0 Å². The number of rotatable bonds is 6. The number of pyridine rings is 1. The fourth-order valence-electron chi connectivity index (χ4n) is 2.56. The van der Waals surface area contributed by atoms with E-state index in [1.807, 2.05) is 36.4 Å². The third kappa shape index (κ3) is 4.88. The Morgan fingerprint density at radius 3 is 2.41 bits per heavy atom. The van der Waals surface area contributed by atoms with E-state index in [1.54, 1.807) is 36.5 Å². The van der Waals surface area contributed by atoms with Crippen molar-refractivity contribution in [3.8, 4) is 0 Å². The van der Waals surface area contributed by atoms with Gasteiger partial charge in [0.1, 0.15) is 6.04 Å². The number of nitrogens with two attached hydrogens (primary N) is 1. The first-order chi connectivity index (χ1) is 13.0. The van der Waals surface area contributed by atoms with Crippen LogP contribution >= 0.6 is 23.2 Å². The molecule has 0 radical (unpaired) electrons. The quantitative estimate of drug-likeness (QED) is 0.567. The Kier molecular flexibility index (Phi) is 6.12. The number of nitrogens with zero attached hydrogens (tertiary/aromatic N) is 1. The van der Waals surface area contributed by atoms with Gasteiger partial charge in [0.2, 0.25) is 0 Å². The van der Waals surface area contributed by atoms with E-state index in [0.29, 0.717) is 27.1 Å². The summed E-state index contributed by atoms with van der Waals surface area (Å²) in [6, 6.07) is 19.2. The normalized spacial score (nSPS) is 12.4. The Labute approximate surface area is 167 Å². The third-order valence-electron chi connectivity index (χ3n) is 3.91. The predicted molar refractivity (Wildman–Crippen MR) is 111 cm³/mol. The van der Waals surface area contributed by atoms with Crippen molar-refractivity contribution >= 4 is 40.4 Å². The van der Waals surface area contributed by atoms with Crippen molar-refractivity contribution < 1.29 is 4.79 Å². The molecule has 0 aliphatic carbocycles. The number of nitrogens with one attached hydrogen (secondary N) is 1. The van der Waals surface area contributed by atoms with E-state index >= 15 is 0 Å². The highest BCUT2D eigenvalue weighted by Gasteiger charge is 2.19. The number of halogens is 2. The highest BCUT2D eigenvalue weighted by molar-refractivity contribution is 6.42. The van der Waals surface area contributed by atoms with Gasteiger partial charge in [0.25, 0.3) is 0 Å². The molecular formula is C21H17Cl2N3O. The van der Waals surface area contributed by atoms with Gasteiger partial charge in [-0.05, 0) is 35.9 Å². The average Bonchev–Trinajstić information content (AvgIpc) is 2.70. The summed E-state index contributed by atoms with van der Waals surface area (Å²) in [7, 11) is 0. The van der Waals surface area contributed by atoms with Crippen molar-refractivity contribution in [1.82, 2.24) is 4.98 Å². The van der Waals surface area contributed by atoms with Gasteiger partial charge in [0.05, 0.1) is 21.4 Å². The first-order valence-electron chi connectivity index (χ1n) is 8.23. The van der Waals surface area contributed by atoms with Gasteiger partial charge < -0.3 is 11.1 Å². The largest absolute Gasteiger partial charge is 0.397 e. The highest BCUT2D eigenvalue weighted by Crippen LogP contribution is 2.28. The van der Waals surface area contributed by atoms with Crippen molar-refractivity contribution in [3.63, 3.8) is 0 Å². The lowest BCUT2D eigenvalue weighted by Crippen LogP contribution is -2.20. The molecule has 136 valence electrons. The second-order valence-corrected chi connectivity index (χ2v) is 6.65. The lowest BCUT2D eigenvalue weighted by Gasteiger charge is -2.18. The summed E-state index contributed by atoms with van der Waals surface area (Å²) < 4.78 is 0. The molecule has 0 amide bonds. The van der Waals surface area contributed by atoms with Gasteiger partial charge in [-0.1, -0.05) is 59.6 Å². The molecule has 2 aromatic carbocycles. The molecule has 27 heavy (non-hydrogen) atoms. The smallest absolute Gasteiger partial charge is 0.184 e. The minimum Gasteiger partial charge on any atom is -0.397 e. The Morgan fingerprint density at radius 1 is 1.00 bits per heavy atom. The molecule has 0 fully saturated rings. The van der Waals surface area contributed by atoms with Crippen LogP contribution in [0.3, 0.4) is 0 Å². The summed E-state index contributed by atoms with van der Waals surface area (Å²) in [5.74, 6) is -0.199. The van der Waals surface area contributed by atoms with Gasteiger partial charge in [-0.3, -0.25) is 9.78 Å². The molecular weight excluding hydrogens is 381 g/mol. The topological polar surface area (TPSA) is 68.0 Å². The maximum Gasteiger partial charge on any atom is 0.184 e. The number of ketones is 1. The summed E-state index contributed by atoms with van der Waals surface area (Å²) >= 11 is 12.1. The van der Waals surface area contributed by atoms with Gasteiger partial charge in [-0.2, -0.15) is 0 Å². The summed E-state index contributed by atoms with van der Waals surface area (Å²) in [5, 5.41) is 4.06. The van der Waals surface area contributed by atoms with Gasteiger partial charge in [0, 0.05) is 18.0 Å². The van der Waals surface area contributed by atoms with Crippen LogP contribution < -0.4 is 11.1 Å². The van der Waals surface area contributed by atoms with E-state index in [0.717, 1.165) is 5.56 Å². The zero-order chi connectivity index (χ0) is 19.2. The van der Waals surface area contributed by atoms with Crippen LogP contribution in [0.5, 0.6) is 0 Å². The zero-order valence-corrected chi connectivity index (χ0v) is 15.8. The maximum absolute atomic E-state index is 13.0. The van der Waals surface area contributed by atoms with Crippen molar-refractivity contribution in [2.24, 2.45) is 5.73 Å². The Morgan fingerprint density at radius 2 is 1.74 bits per heavy atom. The second-order valence-electron chi connectivity index (χ2n) is 5.83. The van der Waals surface area contributed by atoms with E-state index in [9.17, 15) is 4.79 Å². The van der Waals surface area contributed by atoms with Crippen molar-refractivity contribution in [3.05, 3.63) is 100 Å². The lowest BCUT2D eigenvalue weighted by atomic mass is 10.0. The SMILES string of the molecule is NC(=CC(=O)C(Nc1ccc(Cl)c(Cl)c1)c1ccccc1)c1ccccn1. The monoisotopic (exact) mass is 397 g/mol. The molecule has 0 saturated heterocycles. The number of carbonyl (C=O) groups is 1. The number of hydrogen-bond donors (Lipinski definition) is 2. The molecule has 3 aromatic rings. The number of carbonyl (C=O) groups excluding carboxylic acids is 1. The molecule has 0 bridgehead atoms. The molecule has 3 rings (SSSR count). The van der Waals surface area contributed by atoms with Crippen LogP contribution in [0.25, 0.3) is 5.70 Å². The molecule has 1 aromatic heterocycles. The molecule has 6 heteroatoms. The van der Waals surface area contributed by atoms with Gasteiger partial charge in [-0.15, -0.1) is 0 Å². The highest BCUT2D eigenvalue weighted by atomic mass is 35.5. The van der Waals surface area contributed by atoms with E-state index in [-0.39, 0.29) is 5.78 Å². The molecule has 0 aliphatic heterocycles. The van der Waals surface area contributed by atoms with E-state index in [4.69, 9.17) is 28.9 Å². The van der Waals surface area contributed by atoms with E-state index in [1.165, 1.54) is 6.08 Å². The minimum absolute atomic E-state index is 0.199. The zero-order valence-electron chi connectivity index (χ0n) is 14.3. The maximum atomic E-state index is 13.0. The van der Waals surface area contributed by atoms with Crippen molar-refractivity contribution in [1.29, 1.82) is 0 Å². The van der Waals surface area contributed by atoms with E-state index in [2.05, 4.69) is 10.3 Å². The Bertz CT molecular complexity index is 960. The first-order valence-corrected chi connectivity index (χ1v) is 8.99. The van der Waals surface area contributed by atoms with Crippen LogP contribution in [0.4, 0.5) is 5.69 Å². The molecule has 0 saturated carbocycles. The summed E-state index contributed by atoms with van der Waals surface area (Å²) in [4.78, 5) is 17.1. The van der Waals surface area contributed by atoms with Crippen LogP contribution in [0.15, 0.2) is 79.0 Å². The van der Waals surface area contributed by atoms with Crippen LogP contribution in [-0.4, -0.2) is 10.8 Å². The summed E-state index contributed by atoms with van der Waals surface area (Å²) in [6.45, 7) is 0. The third-order valence-corrected chi connectivity index (χ3v) is 4.65. The Balaban J connectivity index is 1.92. The Hall–Kier alpha value is -2.82. The summed E-state index contributed by atoms with van der Waals surface area (Å²) in [6.07, 6.45) is 3.02. The molecule has 1 unspecified atom stereocenters. The van der Waals surface area contributed by atoms with E-state index < -0.39 is 6.04 Å². The molecule has 1 atom stereocenters. The molecule has 0 aliphatic rings. The number of benzene rings is 2. The predicted octanol–water partition coefficient (Wildman–Crippen LogP) is 5.11. The second kappa shape index (κ2) is 8.71. The van der Waals surface area contributed by atoms with Gasteiger partial charge in [0.15, 0.2) is 5.78 Å². The number of hydrogen-bond acceptors (Lipinski definition) is 4. The molecule has 3 N–H and O–H groups in total. The van der Waals surface area contributed by atoms with Gasteiger partial charge >= 0.3 is 0 Å². The molecule has 0 spiro atoms. The van der Waals surface area contributed by atoms with Crippen LogP contribution in [0, 0.1) is 0 Å². The lowest BCUT2D eigenvalue weighted by molar-refractivity contribution is -0.115. The minimum atomic E-state index is -0.634. The fourth-order valence-corrected chi connectivity index (χ4v) is 2.86. The number of anilines is 1. The van der Waals surface area contributed by atoms with Gasteiger partial charge in [-0.25, -0.2) is 0 Å². The fraction of sp³-hybridized carbons (Fsp3) is 0.0476. The standard InChI is InChI=1S/C21H17Cl2N3O/c22-16-10-9-15(12-17(16)23)26-21(14-6-2-1-3-7-14)20(27)13-18(24)19-8-4-5-11-25-19/h1-13,21,26H,24H2. The van der Waals surface area contributed by atoms with Crippen molar-refractivity contribution in [2.75, 3.05) is 5.32 Å². The summed E-state index contributed by atoms with van der Waals surface area (Å²) in [5.41, 5.74) is 8.39. The molecule has 4 nitrogen and oxygen atoms in total. The molecule has 1 heterocycles. The number of aromatic nitrogens is 1. The van der Waals surface area contributed by atoms with Crippen molar-refractivity contribution in [2.45, 2.75) is 6.04 Å². The van der Waals surface area contributed by atoms with Crippen LogP contribution in [0.1, 0.15) is 17.3 Å². The first kappa shape index (κ1) is 19.0. The van der Waals surface area contributed by atoms with Crippen LogP contribution in [-0.2, 0) is 4.79 Å². The average molecular weight is 398 g/mol.